The fourth-order valence-corrected chi connectivity index (χ4v) is 2.79. The largest absolute Gasteiger partial charge is 0.460 e. The number of carbonyl (C=O) groups is 1. The lowest BCUT2D eigenvalue weighted by atomic mass is 9.82. The number of allylic oxidation sites excluding steroid dienone is 2. The molecule has 1 unspecified atom stereocenters. The molecular formula is C17H18ClN3O2. The lowest BCUT2D eigenvalue weighted by Gasteiger charge is -2.29. The van der Waals surface area contributed by atoms with Gasteiger partial charge in [-0.25, -0.2) is 4.79 Å². The summed E-state index contributed by atoms with van der Waals surface area (Å²) in [5.41, 5.74) is 7.73. The Morgan fingerprint density at radius 3 is 2.65 bits per heavy atom. The molecule has 23 heavy (non-hydrogen) atoms. The zero-order valence-electron chi connectivity index (χ0n) is 13.2. The van der Waals surface area contributed by atoms with E-state index in [1.807, 2.05) is 0 Å². The van der Waals surface area contributed by atoms with Crippen LogP contribution in [0.4, 0.5) is 0 Å². The van der Waals surface area contributed by atoms with Gasteiger partial charge in [0.15, 0.2) is 0 Å². The highest BCUT2D eigenvalue weighted by Gasteiger charge is 2.36. The van der Waals surface area contributed by atoms with Gasteiger partial charge in [0.25, 0.3) is 0 Å². The molecule has 0 fully saturated rings. The second-order valence-corrected chi connectivity index (χ2v) is 5.92. The van der Waals surface area contributed by atoms with Crippen molar-refractivity contribution in [1.29, 1.82) is 5.26 Å². The van der Waals surface area contributed by atoms with Gasteiger partial charge >= 0.3 is 5.97 Å². The number of halogens is 1. The lowest BCUT2D eigenvalue weighted by molar-refractivity contribution is -0.143. The van der Waals surface area contributed by atoms with Crippen molar-refractivity contribution in [2.24, 2.45) is 5.73 Å². The first-order valence-corrected chi connectivity index (χ1v) is 7.57. The predicted molar refractivity (Wildman–Crippen MR) is 88.1 cm³/mol. The average molecular weight is 332 g/mol. The Morgan fingerprint density at radius 1 is 1.43 bits per heavy atom. The molecule has 1 aliphatic rings. The van der Waals surface area contributed by atoms with Gasteiger partial charge in [0.05, 0.1) is 29.2 Å². The molecule has 6 heteroatoms. The van der Waals surface area contributed by atoms with Gasteiger partial charge in [0, 0.05) is 10.7 Å². The van der Waals surface area contributed by atoms with Gasteiger partial charge in [-0.2, -0.15) is 5.26 Å². The summed E-state index contributed by atoms with van der Waals surface area (Å²) in [6.07, 6.45) is -0.275. The maximum Gasteiger partial charge on any atom is 0.337 e. The Bertz CT molecular complexity index is 744. The number of esters is 1. The molecule has 1 aromatic rings. The number of benzene rings is 1. The summed E-state index contributed by atoms with van der Waals surface area (Å²) in [6, 6.07) is 9.16. The van der Waals surface area contributed by atoms with Crippen LogP contribution in [0.5, 0.6) is 0 Å². The van der Waals surface area contributed by atoms with Crippen molar-refractivity contribution in [2.75, 3.05) is 0 Å². The molecule has 120 valence electrons. The smallest absolute Gasteiger partial charge is 0.337 e. The molecule has 2 rings (SSSR count). The Balaban J connectivity index is 2.63. The molecule has 0 spiro atoms. The molecule has 0 aromatic heterocycles. The summed E-state index contributed by atoms with van der Waals surface area (Å²) in [6.45, 7) is 5.26. The van der Waals surface area contributed by atoms with E-state index in [0.29, 0.717) is 21.9 Å². The minimum atomic E-state index is -0.652. The van der Waals surface area contributed by atoms with E-state index in [0.717, 1.165) is 0 Å². The van der Waals surface area contributed by atoms with E-state index in [9.17, 15) is 10.1 Å². The van der Waals surface area contributed by atoms with Crippen LogP contribution in [0, 0.1) is 11.3 Å². The van der Waals surface area contributed by atoms with Crippen LogP contribution >= 0.6 is 11.6 Å². The van der Waals surface area contributed by atoms with E-state index in [1.165, 1.54) is 0 Å². The van der Waals surface area contributed by atoms with Gasteiger partial charge in [0.2, 0.25) is 0 Å². The summed E-state index contributed by atoms with van der Waals surface area (Å²) in [5, 5.41) is 12.8. The van der Waals surface area contributed by atoms with Crippen LogP contribution in [0.1, 0.15) is 32.3 Å². The third-order valence-corrected chi connectivity index (χ3v) is 3.84. The van der Waals surface area contributed by atoms with Gasteiger partial charge < -0.3 is 15.8 Å². The molecule has 0 saturated carbocycles. The van der Waals surface area contributed by atoms with E-state index < -0.39 is 11.9 Å². The van der Waals surface area contributed by atoms with E-state index in [2.05, 4.69) is 11.4 Å². The third-order valence-electron chi connectivity index (χ3n) is 3.49. The minimum absolute atomic E-state index is 0.219. The molecule has 0 bridgehead atoms. The third kappa shape index (κ3) is 3.33. The summed E-state index contributed by atoms with van der Waals surface area (Å²) < 4.78 is 5.33. The molecule has 3 N–H and O–H groups in total. The number of nitrogens with two attached hydrogens (primary N) is 1. The zero-order chi connectivity index (χ0) is 17.1. The Hall–Kier alpha value is -2.45. The molecule has 1 atom stereocenters. The van der Waals surface area contributed by atoms with Gasteiger partial charge in [-0.05, 0) is 32.4 Å². The Labute approximate surface area is 140 Å². The fraction of sp³-hybridized carbons (Fsp3) is 0.294. The van der Waals surface area contributed by atoms with Crippen LogP contribution in [0.3, 0.4) is 0 Å². The number of rotatable bonds is 3. The molecule has 0 amide bonds. The van der Waals surface area contributed by atoms with E-state index in [-0.39, 0.29) is 17.5 Å². The highest BCUT2D eigenvalue weighted by atomic mass is 35.5. The summed E-state index contributed by atoms with van der Waals surface area (Å²) in [5.74, 6) is -0.924. The molecule has 1 aliphatic heterocycles. The van der Waals surface area contributed by atoms with Crippen molar-refractivity contribution in [3.8, 4) is 6.07 Å². The normalized spacial score (nSPS) is 17.8. The lowest BCUT2D eigenvalue weighted by Crippen LogP contribution is -2.33. The van der Waals surface area contributed by atoms with Crippen molar-refractivity contribution >= 4 is 17.6 Å². The summed E-state index contributed by atoms with van der Waals surface area (Å²) >= 11 is 6.28. The van der Waals surface area contributed by atoms with Crippen LogP contribution in [0.2, 0.25) is 5.02 Å². The van der Waals surface area contributed by atoms with Crippen molar-refractivity contribution < 1.29 is 9.53 Å². The van der Waals surface area contributed by atoms with Crippen LogP contribution < -0.4 is 11.1 Å². The first kappa shape index (κ1) is 16.9. The van der Waals surface area contributed by atoms with E-state index in [4.69, 9.17) is 22.1 Å². The van der Waals surface area contributed by atoms with Crippen molar-refractivity contribution in [1.82, 2.24) is 5.32 Å². The average Bonchev–Trinajstić information content (AvgIpc) is 2.46. The maximum absolute atomic E-state index is 12.5. The van der Waals surface area contributed by atoms with E-state index in [1.54, 1.807) is 45.0 Å². The molecule has 0 saturated heterocycles. The topological polar surface area (TPSA) is 88.1 Å². The van der Waals surface area contributed by atoms with Crippen molar-refractivity contribution in [3.05, 3.63) is 57.5 Å². The van der Waals surface area contributed by atoms with Gasteiger partial charge in [0.1, 0.15) is 5.82 Å². The second-order valence-electron chi connectivity index (χ2n) is 5.51. The number of nitriles is 1. The number of nitrogens with one attached hydrogen (secondary N) is 1. The summed E-state index contributed by atoms with van der Waals surface area (Å²) in [7, 11) is 0. The maximum atomic E-state index is 12.5. The van der Waals surface area contributed by atoms with Gasteiger partial charge in [-0.15, -0.1) is 0 Å². The van der Waals surface area contributed by atoms with E-state index >= 15 is 0 Å². The molecule has 0 radical (unpaired) electrons. The highest BCUT2D eigenvalue weighted by Crippen LogP contribution is 2.40. The van der Waals surface area contributed by atoms with Crippen molar-refractivity contribution in [3.63, 3.8) is 0 Å². The Morgan fingerprint density at radius 2 is 2.09 bits per heavy atom. The van der Waals surface area contributed by atoms with Crippen LogP contribution in [-0.4, -0.2) is 12.1 Å². The quantitative estimate of drug-likeness (QED) is 0.831. The summed E-state index contributed by atoms with van der Waals surface area (Å²) in [4.78, 5) is 12.5. The number of ether oxygens (including phenoxy) is 1. The number of carbonyl (C=O) groups excluding carboxylic acids is 1. The number of dihydropyridines is 1. The molecular weight excluding hydrogens is 314 g/mol. The van der Waals surface area contributed by atoms with Gasteiger partial charge in [-0.1, -0.05) is 29.8 Å². The van der Waals surface area contributed by atoms with Crippen LogP contribution in [0.15, 0.2) is 46.9 Å². The predicted octanol–water partition coefficient (Wildman–Crippen LogP) is 2.95. The number of hydrogen-bond donors (Lipinski definition) is 2. The number of hydrogen-bond acceptors (Lipinski definition) is 5. The molecule has 0 aliphatic carbocycles. The Kier molecular flexibility index (Phi) is 4.97. The number of nitrogens with zero attached hydrogens (tertiary/aromatic N) is 1. The second kappa shape index (κ2) is 6.76. The fourth-order valence-electron chi connectivity index (χ4n) is 2.55. The highest BCUT2D eigenvalue weighted by molar-refractivity contribution is 6.31. The molecule has 5 nitrogen and oxygen atoms in total. The van der Waals surface area contributed by atoms with Crippen LogP contribution in [0.25, 0.3) is 0 Å². The SMILES string of the molecule is CC1=C(C(=O)OC(C)C)C(c2ccccc2Cl)C(C#N)=C(N)N1. The first-order chi connectivity index (χ1) is 10.9. The monoisotopic (exact) mass is 331 g/mol. The zero-order valence-corrected chi connectivity index (χ0v) is 13.9. The van der Waals surface area contributed by atoms with Crippen molar-refractivity contribution in [2.45, 2.75) is 32.8 Å². The standard InChI is InChI=1S/C17H18ClN3O2/c1-9(2)23-17(22)14-10(3)21-16(20)12(8-19)15(14)11-6-4-5-7-13(11)18/h4-7,9,15,21H,20H2,1-3H3. The van der Waals surface area contributed by atoms with Gasteiger partial charge in [-0.3, -0.25) is 0 Å². The molecule has 1 aromatic carbocycles. The minimum Gasteiger partial charge on any atom is -0.460 e. The van der Waals surface area contributed by atoms with Crippen LogP contribution in [-0.2, 0) is 9.53 Å². The first-order valence-electron chi connectivity index (χ1n) is 7.19. The molecule has 1 heterocycles.